The largest absolute Gasteiger partial charge is 0.397 e. The molecule has 7 aromatic heterocycles. The molecule has 44 heteroatoms. The first kappa shape index (κ1) is 89.4. The van der Waals surface area contributed by atoms with Crippen molar-refractivity contribution in [1.29, 1.82) is 0 Å². The minimum atomic E-state index is -1.17. The number of aliphatic hydroxyl groups excluding tert-OH is 8. The van der Waals surface area contributed by atoms with Crippen LogP contribution in [-0.2, 0) is 54.1 Å². The summed E-state index contributed by atoms with van der Waals surface area (Å²) >= 11 is 0. The summed E-state index contributed by atoms with van der Waals surface area (Å²) in [5, 5.41) is 92.5. The number of amides is 4. The molecule has 0 bridgehead atoms. The second-order valence-electron chi connectivity index (χ2n) is 28.5. The Hall–Kier alpha value is -9.95. The van der Waals surface area contributed by atoms with Gasteiger partial charge in [0.05, 0.1) is 88.3 Å². The van der Waals surface area contributed by atoms with Crippen LogP contribution >= 0.6 is 0 Å². The van der Waals surface area contributed by atoms with E-state index >= 15 is 0 Å². The van der Waals surface area contributed by atoms with Crippen molar-refractivity contribution in [3.63, 3.8) is 0 Å². The average molecular weight is 1640 g/mol. The zero-order valence-electron chi connectivity index (χ0n) is 65.5. The smallest absolute Gasteiger partial charge is 0.279 e. The van der Waals surface area contributed by atoms with Crippen LogP contribution in [0, 0.1) is 6.92 Å². The van der Waals surface area contributed by atoms with E-state index in [1.54, 1.807) is 28.3 Å². The molecule has 117 heavy (non-hydrogen) atoms. The molecule has 0 saturated carbocycles. The quantitative estimate of drug-likeness (QED) is 0.0149. The van der Waals surface area contributed by atoms with E-state index in [9.17, 15) is 69.6 Å². The number of imidazole rings is 4. The molecule has 13 rings (SSSR count). The number of pyridine rings is 1. The molecule has 4 fully saturated rings. The summed E-state index contributed by atoms with van der Waals surface area (Å²) in [5.41, 5.74) is 33.0. The molecule has 12 heterocycles. The van der Waals surface area contributed by atoms with E-state index in [2.05, 4.69) is 71.1 Å². The molecular weight excluding hydrogens is 1530 g/mol. The van der Waals surface area contributed by atoms with Crippen LogP contribution in [0.3, 0.4) is 0 Å². The van der Waals surface area contributed by atoms with Gasteiger partial charge in [0.1, 0.15) is 103 Å². The maximum atomic E-state index is 13.5. The fourth-order valence-electron chi connectivity index (χ4n) is 14.3. The number of benzene rings is 1. The van der Waals surface area contributed by atoms with Crippen molar-refractivity contribution in [2.45, 2.75) is 221 Å². The third kappa shape index (κ3) is 20.3. The number of hydrogen-bond acceptors (Lipinski definition) is 35. The number of ketones is 1. The number of nitrogens with two attached hydrogens (primary N) is 5. The molecule has 8 aromatic rings. The number of aryl methyl sites for hydroxylation is 1. The predicted octanol–water partition coefficient (Wildman–Crippen LogP) is -3.41. The van der Waals surface area contributed by atoms with Crippen LogP contribution in [0.2, 0.25) is 0 Å². The number of aliphatic imine (C=N–C) groups is 1. The van der Waals surface area contributed by atoms with E-state index in [1.807, 2.05) is 58.0 Å². The molecule has 638 valence electrons. The Bertz CT molecular complexity index is 4700. The van der Waals surface area contributed by atoms with Crippen LogP contribution in [0.25, 0.3) is 33.5 Å². The number of methoxy groups -OCH3 is 1. The average Bonchev–Trinajstić information content (AvgIpc) is 1.62. The van der Waals surface area contributed by atoms with Crippen molar-refractivity contribution < 1.29 is 93.2 Å². The van der Waals surface area contributed by atoms with E-state index in [4.69, 9.17) is 57.1 Å². The lowest BCUT2D eigenvalue weighted by molar-refractivity contribution is -0.140. The summed E-state index contributed by atoms with van der Waals surface area (Å²) in [5.74, 6) is -0.764. The van der Waals surface area contributed by atoms with Crippen molar-refractivity contribution in [1.82, 2.24) is 89.3 Å². The molecule has 5 aliphatic rings. The van der Waals surface area contributed by atoms with E-state index in [1.165, 1.54) is 59.0 Å². The first-order valence-corrected chi connectivity index (χ1v) is 38.5. The highest BCUT2D eigenvalue weighted by atomic mass is 16.7. The third-order valence-electron chi connectivity index (χ3n) is 20.3. The molecule has 0 aliphatic carbocycles. The number of nitrogen functional groups attached to an aromatic ring is 2. The Morgan fingerprint density at radius 2 is 1.09 bits per heavy atom. The van der Waals surface area contributed by atoms with Gasteiger partial charge in [-0.15, -0.1) is 0 Å². The number of Topliss-reactive ketones (excluding diaryl/α,β-unsaturated/α-hetero) is 1. The summed E-state index contributed by atoms with van der Waals surface area (Å²) in [7, 11) is 1.51. The number of fused-ring (bicyclic) bond motifs is 4. The molecule has 8 unspecified atom stereocenters. The molecule has 20 atom stereocenters. The number of ether oxygens (including phenoxy) is 6. The first-order chi connectivity index (χ1) is 56.3. The summed E-state index contributed by atoms with van der Waals surface area (Å²) in [6, 6.07) is 4.89. The number of H-pyrrole nitrogens is 1. The van der Waals surface area contributed by atoms with Crippen molar-refractivity contribution >= 4 is 86.4 Å². The minimum absolute atomic E-state index is 0.104. The fraction of sp³-hybridized carbons (Fsp3) is 0.575. The molecule has 0 radical (unpaired) electrons. The summed E-state index contributed by atoms with van der Waals surface area (Å²) in [4.78, 5) is 117. The van der Waals surface area contributed by atoms with E-state index in [0.29, 0.717) is 65.3 Å². The first-order valence-electron chi connectivity index (χ1n) is 38.5. The van der Waals surface area contributed by atoms with Gasteiger partial charge in [-0.05, 0) is 44.2 Å². The molecule has 4 saturated heterocycles. The highest BCUT2D eigenvalue weighted by Gasteiger charge is 2.52. The Kier molecular flexibility index (Phi) is 31.7. The van der Waals surface area contributed by atoms with Crippen LogP contribution < -0.4 is 55.5 Å². The number of rotatable bonds is 31. The second-order valence-corrected chi connectivity index (χ2v) is 28.5. The van der Waals surface area contributed by atoms with E-state index < -0.39 is 166 Å². The van der Waals surface area contributed by atoms with Gasteiger partial charge in [-0.1, -0.05) is 83.7 Å². The van der Waals surface area contributed by atoms with Crippen LogP contribution in [0.1, 0.15) is 132 Å². The normalized spacial score (nSPS) is 25.7. The van der Waals surface area contributed by atoms with Gasteiger partial charge in [0.2, 0.25) is 23.6 Å². The number of anilines is 2. The van der Waals surface area contributed by atoms with Gasteiger partial charge in [-0.2, -0.15) is 0 Å². The Balaban J connectivity index is 0.000000165. The van der Waals surface area contributed by atoms with Gasteiger partial charge in [0.15, 0.2) is 70.5 Å². The Labute approximate surface area is 669 Å². The lowest BCUT2D eigenvalue weighted by Crippen LogP contribution is -2.54. The standard InChI is InChI=1S/C22H29N7O4.C19H30N6O6.C16H24N6O5.C16H23N5O5/c1-2-6-14(23)21(32)28(9-13-7-4-3-5-8-13)17-18(31)15(10-30)33-22(17)29-12-27-16-19(24)25-11-26-20(16)29;1-3-4-12(23-9-30-10-29-2)18(28)24-15-16(27)13(7-26)31-19(15)25-8-22-14-11(20)5-6-21-17(14)25;1-3-4-8(17)14(25)21-10-12(24)9(5-23)27-16(10)22-6-18-11-13(22)19-7(2)20-15(11)26;1-2-3-8(17)15(25)20-12-13(24)10(6-22)26-16(12)21-7-19-11-9(23)4-5-18-14(11)21/h3-5,7-8,11-12,14-15,17-18,22,30-31H,2,6,9-10,23H2,1H3,(H2,24,25,26);5-6,8,12-13,15-16,19,23,26-27H,3-4,7,9-10H2,1-2H3,(H2,20,21)(H,24,28);6,8-10,12,16,23-24H,3-5,17H2,1-2H3,(H,21,25)(H,19,20,26);5,7-8,10,12-13,16,22,24H,2-4,6,17H2,1H3,(H,20,25)/t14?,15-,17+,18?,22-;12?,13-,15+,16?,19-;8?,9-,10+,12?,16-;8?,10-,12+,13?,16-/m1111/s1. The molecular formula is C73H106N24O20. The SMILES string of the molecule is CCCC(N)C(=O)N(Cc1ccccc1)[C@H]1C(O)[C@@H](CO)O[C@H]1n1cnc2c(N)ncnc21.CCCC(N)C(=O)N[C@H]1C(O)[C@@H](CO)O[C@H]1n1cnc2c(=O)[nH]c(C)nc21.CCCC(N)C(=O)N[C@H]1C(O)[C@@H](CO)O[C@H]1n1cnc2c1N=CCC2=O.CCCC(NCOCOC)C(=O)N[C@H]1C(O)[C@@H](CO)O[C@H]1n1cnc2c(N)ccnc21. The van der Waals surface area contributed by atoms with E-state index in [-0.39, 0.29) is 66.8 Å². The molecule has 0 spiro atoms. The lowest BCUT2D eigenvalue weighted by atomic mass is 10.0. The van der Waals surface area contributed by atoms with E-state index in [0.717, 1.165) is 31.2 Å². The number of nitrogens with zero attached hydrogens (tertiary/aromatic N) is 14. The number of carbonyl (C=O) groups excluding carboxylic acids is 5. The van der Waals surface area contributed by atoms with Crippen LogP contribution in [0.15, 0.2) is 84.0 Å². The highest BCUT2D eigenvalue weighted by molar-refractivity contribution is 6.08. The summed E-state index contributed by atoms with van der Waals surface area (Å²) in [6.07, 6.45) is 3.53. The Morgan fingerprint density at radius 1 is 0.598 bits per heavy atom. The van der Waals surface area contributed by atoms with Gasteiger partial charge in [-0.3, -0.25) is 52.4 Å². The van der Waals surface area contributed by atoms with Crippen molar-refractivity contribution in [3.05, 3.63) is 102 Å². The second kappa shape index (κ2) is 41.4. The van der Waals surface area contributed by atoms with Gasteiger partial charge in [0.25, 0.3) is 5.56 Å². The zero-order chi connectivity index (χ0) is 84.5. The zero-order valence-corrected chi connectivity index (χ0v) is 65.5. The Morgan fingerprint density at radius 3 is 1.66 bits per heavy atom. The number of aromatic amines is 1. The summed E-state index contributed by atoms with van der Waals surface area (Å²) in [6.45, 7) is 8.11. The number of hydrogen-bond donors (Lipinski definition) is 18. The molecule has 5 aliphatic heterocycles. The lowest BCUT2D eigenvalue weighted by Gasteiger charge is -2.35. The number of carbonyl (C=O) groups is 5. The van der Waals surface area contributed by atoms with Crippen LogP contribution in [0.4, 0.5) is 17.3 Å². The molecule has 1 aromatic carbocycles. The van der Waals surface area contributed by atoms with Gasteiger partial charge in [-0.25, -0.2) is 44.9 Å². The predicted molar refractivity (Wildman–Crippen MR) is 417 cm³/mol. The van der Waals surface area contributed by atoms with Crippen molar-refractivity contribution in [2.24, 2.45) is 22.2 Å². The molecule has 44 nitrogen and oxygen atoms in total. The van der Waals surface area contributed by atoms with Gasteiger partial charge >= 0.3 is 0 Å². The van der Waals surface area contributed by atoms with Crippen molar-refractivity contribution in [3.8, 4) is 0 Å². The topological polar surface area (TPSA) is 652 Å². The van der Waals surface area contributed by atoms with Crippen molar-refractivity contribution in [2.75, 3.05) is 58.5 Å². The van der Waals surface area contributed by atoms with Crippen LogP contribution in [-0.4, -0.2) is 289 Å². The summed E-state index contributed by atoms with van der Waals surface area (Å²) < 4.78 is 39.5. The van der Waals surface area contributed by atoms with Gasteiger partial charge in [0, 0.05) is 32.5 Å². The maximum absolute atomic E-state index is 13.5. The fourth-order valence-corrected chi connectivity index (χ4v) is 14.3. The highest BCUT2D eigenvalue weighted by Crippen LogP contribution is 2.39. The number of nitrogens with one attached hydrogen (secondary N) is 5. The number of aliphatic hydroxyl groups is 8. The third-order valence-corrected chi connectivity index (χ3v) is 20.3. The maximum Gasteiger partial charge on any atom is 0.279 e. The number of aromatic nitrogens is 13. The molecule has 23 N–H and O–H groups in total. The minimum Gasteiger partial charge on any atom is -0.397 e. The van der Waals surface area contributed by atoms with Crippen LogP contribution in [0.5, 0.6) is 0 Å². The molecule has 4 amide bonds. The van der Waals surface area contributed by atoms with Gasteiger partial charge < -0.3 is 124 Å². The monoisotopic (exact) mass is 1640 g/mol.